The van der Waals surface area contributed by atoms with Gasteiger partial charge in [-0.1, -0.05) is 42.5 Å². The molecule has 22 heavy (non-hydrogen) atoms. The van der Waals surface area contributed by atoms with Crippen molar-refractivity contribution in [3.63, 3.8) is 0 Å². The van der Waals surface area contributed by atoms with Gasteiger partial charge in [-0.2, -0.15) is 0 Å². The molecule has 0 bridgehead atoms. The van der Waals surface area contributed by atoms with Crippen LogP contribution in [0.4, 0.5) is 5.69 Å². The number of anilines is 1. The van der Waals surface area contributed by atoms with E-state index in [1.807, 2.05) is 42.5 Å². The Morgan fingerprint density at radius 1 is 1.18 bits per heavy atom. The molecule has 0 spiro atoms. The first-order chi connectivity index (χ1) is 10.8. The van der Waals surface area contributed by atoms with E-state index in [0.29, 0.717) is 13.2 Å². The van der Waals surface area contributed by atoms with Crippen molar-refractivity contribution in [2.75, 3.05) is 18.1 Å². The standard InChI is InChI=1S/C18H19NO3/c1-2-21-18(20)17-13-19(12-14-8-4-3-5-9-14)15-10-6-7-11-16(15)22-17/h3-11,17H,2,12-13H2,1H3/t17-/m1/s1. The summed E-state index contributed by atoms with van der Waals surface area (Å²) >= 11 is 0. The monoisotopic (exact) mass is 297 g/mol. The summed E-state index contributed by atoms with van der Waals surface area (Å²) in [6, 6.07) is 18.0. The van der Waals surface area contributed by atoms with Crippen molar-refractivity contribution in [2.45, 2.75) is 19.6 Å². The smallest absolute Gasteiger partial charge is 0.349 e. The molecule has 0 aromatic heterocycles. The van der Waals surface area contributed by atoms with E-state index in [2.05, 4.69) is 17.0 Å². The molecule has 114 valence electrons. The van der Waals surface area contributed by atoms with Crippen LogP contribution in [-0.4, -0.2) is 25.2 Å². The average Bonchev–Trinajstić information content (AvgIpc) is 2.56. The Labute approximate surface area is 130 Å². The van der Waals surface area contributed by atoms with E-state index in [1.165, 1.54) is 5.56 Å². The molecule has 4 heteroatoms. The van der Waals surface area contributed by atoms with Gasteiger partial charge in [-0.25, -0.2) is 4.79 Å². The maximum atomic E-state index is 12.0. The van der Waals surface area contributed by atoms with E-state index in [0.717, 1.165) is 18.0 Å². The van der Waals surface area contributed by atoms with Crippen LogP contribution in [0.25, 0.3) is 0 Å². The summed E-state index contributed by atoms with van der Waals surface area (Å²) in [4.78, 5) is 14.2. The first kappa shape index (κ1) is 14.4. The molecule has 1 aliphatic rings. The van der Waals surface area contributed by atoms with Crippen LogP contribution >= 0.6 is 0 Å². The van der Waals surface area contributed by atoms with Gasteiger partial charge < -0.3 is 14.4 Å². The number of fused-ring (bicyclic) bond motifs is 1. The van der Waals surface area contributed by atoms with Crippen molar-refractivity contribution in [3.8, 4) is 5.75 Å². The fourth-order valence-electron chi connectivity index (χ4n) is 2.62. The van der Waals surface area contributed by atoms with Crippen LogP contribution in [-0.2, 0) is 16.1 Å². The topological polar surface area (TPSA) is 38.8 Å². The molecule has 1 atom stereocenters. The lowest BCUT2D eigenvalue weighted by Gasteiger charge is -2.35. The van der Waals surface area contributed by atoms with E-state index in [9.17, 15) is 4.79 Å². The Hall–Kier alpha value is -2.49. The minimum atomic E-state index is -0.585. The third kappa shape index (κ3) is 3.06. The van der Waals surface area contributed by atoms with Crippen LogP contribution in [0.5, 0.6) is 5.75 Å². The Balaban J connectivity index is 1.85. The van der Waals surface area contributed by atoms with Gasteiger partial charge in [0.05, 0.1) is 18.8 Å². The molecular formula is C18H19NO3. The van der Waals surface area contributed by atoms with Crippen LogP contribution in [0.2, 0.25) is 0 Å². The molecule has 3 rings (SSSR count). The van der Waals surface area contributed by atoms with Crippen molar-refractivity contribution in [1.82, 2.24) is 0 Å². The van der Waals surface area contributed by atoms with Crippen molar-refractivity contribution in [2.24, 2.45) is 0 Å². The second kappa shape index (κ2) is 6.52. The molecule has 0 saturated heterocycles. The van der Waals surface area contributed by atoms with Gasteiger partial charge in [0.1, 0.15) is 5.75 Å². The van der Waals surface area contributed by atoms with Crippen molar-refractivity contribution >= 4 is 11.7 Å². The fourth-order valence-corrected chi connectivity index (χ4v) is 2.62. The number of carbonyl (C=O) groups excluding carboxylic acids is 1. The highest BCUT2D eigenvalue weighted by atomic mass is 16.6. The van der Waals surface area contributed by atoms with E-state index < -0.39 is 6.10 Å². The number of rotatable bonds is 4. The molecule has 0 saturated carbocycles. The first-order valence-corrected chi connectivity index (χ1v) is 7.49. The summed E-state index contributed by atoms with van der Waals surface area (Å²) < 4.78 is 10.9. The number of para-hydroxylation sites is 2. The van der Waals surface area contributed by atoms with Gasteiger partial charge in [0.15, 0.2) is 0 Å². The molecule has 0 fully saturated rings. The molecule has 0 radical (unpaired) electrons. The van der Waals surface area contributed by atoms with E-state index in [-0.39, 0.29) is 5.97 Å². The zero-order chi connectivity index (χ0) is 15.4. The Morgan fingerprint density at radius 2 is 1.91 bits per heavy atom. The van der Waals surface area contributed by atoms with Crippen LogP contribution < -0.4 is 9.64 Å². The summed E-state index contributed by atoms with van der Waals surface area (Å²) in [7, 11) is 0. The second-order valence-corrected chi connectivity index (χ2v) is 5.19. The molecule has 0 N–H and O–H groups in total. The molecule has 2 aromatic carbocycles. The zero-order valence-corrected chi connectivity index (χ0v) is 12.6. The Kier molecular flexibility index (Phi) is 4.28. The highest BCUT2D eigenvalue weighted by molar-refractivity contribution is 5.78. The van der Waals surface area contributed by atoms with E-state index >= 15 is 0 Å². The van der Waals surface area contributed by atoms with Crippen molar-refractivity contribution in [1.29, 1.82) is 0 Å². The number of carbonyl (C=O) groups is 1. The SMILES string of the molecule is CCOC(=O)[C@H]1CN(Cc2ccccc2)c2ccccc2O1. The van der Waals surface area contributed by atoms with Crippen molar-refractivity contribution in [3.05, 3.63) is 60.2 Å². The highest BCUT2D eigenvalue weighted by Gasteiger charge is 2.31. The number of nitrogens with zero attached hydrogens (tertiary/aromatic N) is 1. The number of benzene rings is 2. The molecule has 4 nitrogen and oxygen atoms in total. The molecule has 2 aromatic rings. The van der Waals surface area contributed by atoms with Crippen LogP contribution in [0.1, 0.15) is 12.5 Å². The molecule has 0 amide bonds. The van der Waals surface area contributed by atoms with Gasteiger partial charge >= 0.3 is 5.97 Å². The zero-order valence-electron chi connectivity index (χ0n) is 12.6. The minimum Gasteiger partial charge on any atom is -0.475 e. The van der Waals surface area contributed by atoms with Crippen LogP contribution in [0.3, 0.4) is 0 Å². The third-order valence-electron chi connectivity index (χ3n) is 3.63. The number of hydrogen-bond donors (Lipinski definition) is 0. The predicted molar refractivity (Wildman–Crippen MR) is 85.0 cm³/mol. The number of hydrogen-bond acceptors (Lipinski definition) is 4. The van der Waals surface area contributed by atoms with Gasteiger partial charge in [-0.05, 0) is 24.6 Å². The van der Waals surface area contributed by atoms with Crippen molar-refractivity contribution < 1.29 is 14.3 Å². The summed E-state index contributed by atoms with van der Waals surface area (Å²) in [6.45, 7) is 3.39. The second-order valence-electron chi connectivity index (χ2n) is 5.19. The number of ether oxygens (including phenoxy) is 2. The quantitative estimate of drug-likeness (QED) is 0.813. The highest BCUT2D eigenvalue weighted by Crippen LogP contribution is 2.34. The number of esters is 1. The summed E-state index contributed by atoms with van der Waals surface area (Å²) in [5.41, 5.74) is 2.20. The molecule has 1 aliphatic heterocycles. The summed E-state index contributed by atoms with van der Waals surface area (Å²) in [5.74, 6) is 0.415. The predicted octanol–water partition coefficient (Wildman–Crippen LogP) is 3.02. The average molecular weight is 297 g/mol. The third-order valence-corrected chi connectivity index (χ3v) is 3.63. The largest absolute Gasteiger partial charge is 0.475 e. The minimum absolute atomic E-state index is 0.310. The fraction of sp³-hybridized carbons (Fsp3) is 0.278. The lowest BCUT2D eigenvalue weighted by Crippen LogP contribution is -2.44. The van der Waals surface area contributed by atoms with Gasteiger partial charge in [-0.3, -0.25) is 0 Å². The van der Waals surface area contributed by atoms with Gasteiger partial charge in [0, 0.05) is 6.54 Å². The van der Waals surface area contributed by atoms with Gasteiger partial charge in [0.25, 0.3) is 0 Å². The molecule has 1 heterocycles. The van der Waals surface area contributed by atoms with Gasteiger partial charge in [0.2, 0.25) is 6.10 Å². The first-order valence-electron chi connectivity index (χ1n) is 7.49. The lowest BCUT2D eigenvalue weighted by molar-refractivity contribution is -0.151. The Bertz CT molecular complexity index is 642. The van der Waals surface area contributed by atoms with E-state index in [1.54, 1.807) is 6.92 Å². The maximum absolute atomic E-state index is 12.0. The maximum Gasteiger partial charge on any atom is 0.349 e. The Morgan fingerprint density at radius 3 is 2.68 bits per heavy atom. The van der Waals surface area contributed by atoms with E-state index in [4.69, 9.17) is 9.47 Å². The lowest BCUT2D eigenvalue weighted by atomic mass is 10.1. The summed E-state index contributed by atoms with van der Waals surface area (Å²) in [6.07, 6.45) is -0.585. The van der Waals surface area contributed by atoms with Crippen LogP contribution in [0.15, 0.2) is 54.6 Å². The van der Waals surface area contributed by atoms with Gasteiger partial charge in [-0.15, -0.1) is 0 Å². The molecular weight excluding hydrogens is 278 g/mol. The van der Waals surface area contributed by atoms with Crippen LogP contribution in [0, 0.1) is 0 Å². The normalized spacial score (nSPS) is 16.6. The molecule has 0 aliphatic carbocycles. The summed E-state index contributed by atoms with van der Waals surface area (Å²) in [5, 5.41) is 0. The molecule has 0 unspecified atom stereocenters.